The molecule has 0 bridgehead atoms. The minimum atomic E-state index is -5.01. The molecule has 0 aromatic heterocycles. The molecule has 3 N–H and O–H groups in total. The van der Waals surface area contributed by atoms with Gasteiger partial charge in [0, 0.05) is 31.2 Å². The number of hydrazine groups is 1. The fourth-order valence-corrected chi connectivity index (χ4v) is 4.45. The molecule has 0 radical (unpaired) electrons. The number of amides is 2. The number of piperidine rings is 1. The van der Waals surface area contributed by atoms with Gasteiger partial charge < -0.3 is 10.6 Å². The van der Waals surface area contributed by atoms with E-state index >= 15 is 0 Å². The van der Waals surface area contributed by atoms with Gasteiger partial charge in [0.2, 0.25) is 5.91 Å². The Morgan fingerprint density at radius 2 is 1.43 bits per heavy atom. The summed E-state index contributed by atoms with van der Waals surface area (Å²) in [6.07, 6.45) is -3.80. The first-order valence-electron chi connectivity index (χ1n) is 11.8. The van der Waals surface area contributed by atoms with Crippen molar-refractivity contribution in [2.75, 3.05) is 26.2 Å². The lowest BCUT2D eigenvalue weighted by molar-refractivity contribution is -0.143. The monoisotopic (exact) mass is 508 g/mol. The number of nitrogens with zero attached hydrogens (tertiary/aromatic N) is 1. The number of carbonyl (C=O) groups is 2. The molecule has 35 heavy (non-hydrogen) atoms. The highest BCUT2D eigenvalue weighted by Crippen LogP contribution is 2.36. The normalized spacial score (nSPS) is 22.0. The zero-order valence-corrected chi connectivity index (χ0v) is 19.2. The smallest absolute Gasteiger partial charge is 0.352 e. The highest BCUT2D eigenvalue weighted by atomic mass is 19.4. The third kappa shape index (κ3) is 8.38. The molecule has 1 heterocycles. The summed E-state index contributed by atoms with van der Waals surface area (Å²) in [6, 6.07) is 0.991. The Kier molecular flexibility index (Phi) is 9.03. The molecule has 3 rings (SSSR count). The van der Waals surface area contributed by atoms with Crippen molar-refractivity contribution in [3.05, 3.63) is 34.9 Å². The van der Waals surface area contributed by atoms with Crippen molar-refractivity contribution in [3.63, 3.8) is 0 Å². The second-order valence-electron chi connectivity index (χ2n) is 9.19. The van der Waals surface area contributed by atoms with E-state index in [1.165, 1.54) is 6.42 Å². The van der Waals surface area contributed by atoms with Crippen LogP contribution in [-0.2, 0) is 17.1 Å². The number of carbonyl (C=O) groups excluding carboxylic acids is 2. The molecule has 6 nitrogen and oxygen atoms in total. The van der Waals surface area contributed by atoms with E-state index in [0.717, 1.165) is 38.8 Å². The van der Waals surface area contributed by atoms with E-state index in [0.29, 0.717) is 25.0 Å². The van der Waals surface area contributed by atoms with E-state index in [-0.39, 0.29) is 37.0 Å². The van der Waals surface area contributed by atoms with Gasteiger partial charge in [-0.1, -0.05) is 6.42 Å². The fraction of sp³-hybridized carbons (Fsp3) is 0.652. The maximum atomic E-state index is 13.0. The number of nitrogens with one attached hydrogen (secondary N) is 3. The van der Waals surface area contributed by atoms with Crippen LogP contribution in [0.3, 0.4) is 0 Å². The van der Waals surface area contributed by atoms with Crippen LogP contribution >= 0.6 is 0 Å². The first kappa shape index (κ1) is 27.3. The number of halogens is 6. The second kappa shape index (κ2) is 11.6. The van der Waals surface area contributed by atoms with Gasteiger partial charge in [-0.25, -0.2) is 5.01 Å². The molecule has 1 aliphatic heterocycles. The average molecular weight is 509 g/mol. The predicted octanol–water partition coefficient (Wildman–Crippen LogP) is 4.12. The Labute approximate surface area is 199 Å². The maximum absolute atomic E-state index is 13.0. The number of hydrogen-bond donors (Lipinski definition) is 3. The number of rotatable bonds is 7. The first-order valence-corrected chi connectivity index (χ1v) is 11.8. The van der Waals surface area contributed by atoms with Gasteiger partial charge in [0.1, 0.15) is 0 Å². The third-order valence-electron chi connectivity index (χ3n) is 6.44. The molecule has 196 valence electrons. The first-order chi connectivity index (χ1) is 16.4. The molecule has 0 spiro atoms. The van der Waals surface area contributed by atoms with E-state index in [2.05, 4.69) is 16.1 Å². The standard InChI is InChI=1S/C23H30F6N4O2/c24-22(25,26)17-10-16(11-18(12-17)23(27,28)29)21(35)31-13-15-4-6-19(7-5-15)30-14-20(34)32-33-8-2-1-3-9-33/h10-12,15,19,30H,1-9,13-14H2,(H,31,35)(H,32,34)/t15-,19+. The minimum Gasteiger partial charge on any atom is -0.352 e. The second-order valence-corrected chi connectivity index (χ2v) is 9.19. The predicted molar refractivity (Wildman–Crippen MR) is 116 cm³/mol. The number of benzene rings is 1. The fourth-order valence-electron chi connectivity index (χ4n) is 4.45. The van der Waals surface area contributed by atoms with Crippen molar-refractivity contribution in [1.29, 1.82) is 0 Å². The Balaban J connectivity index is 1.44. The highest BCUT2D eigenvalue weighted by molar-refractivity contribution is 5.94. The van der Waals surface area contributed by atoms with Crippen LogP contribution in [0.4, 0.5) is 26.3 Å². The molecule has 0 unspecified atom stereocenters. The summed E-state index contributed by atoms with van der Waals surface area (Å²) in [5, 5.41) is 7.62. The third-order valence-corrected chi connectivity index (χ3v) is 6.44. The van der Waals surface area contributed by atoms with Gasteiger partial charge in [-0.15, -0.1) is 0 Å². The van der Waals surface area contributed by atoms with E-state index in [1.54, 1.807) is 0 Å². The summed E-state index contributed by atoms with van der Waals surface area (Å²) in [5.74, 6) is -1.02. The van der Waals surface area contributed by atoms with Gasteiger partial charge in [0.05, 0.1) is 17.7 Å². The zero-order chi connectivity index (χ0) is 25.6. The van der Waals surface area contributed by atoms with Crippen LogP contribution in [0.15, 0.2) is 18.2 Å². The SMILES string of the molecule is O=C(CN[C@H]1CC[C@@H](CNC(=O)c2cc(C(F)(F)F)cc(C(F)(F)F)c2)CC1)NN1CCCCC1. The summed E-state index contributed by atoms with van der Waals surface area (Å²) < 4.78 is 78.1. The molecule has 0 atom stereocenters. The summed E-state index contributed by atoms with van der Waals surface area (Å²) in [4.78, 5) is 24.4. The maximum Gasteiger partial charge on any atom is 0.416 e. The lowest BCUT2D eigenvalue weighted by Crippen LogP contribution is -2.49. The van der Waals surface area contributed by atoms with Crippen molar-refractivity contribution < 1.29 is 35.9 Å². The molecule has 1 saturated heterocycles. The lowest BCUT2D eigenvalue weighted by Gasteiger charge is -2.30. The number of alkyl halides is 6. The van der Waals surface area contributed by atoms with Crippen LogP contribution in [0.1, 0.15) is 66.4 Å². The van der Waals surface area contributed by atoms with Gasteiger partial charge in [0.25, 0.3) is 5.91 Å². The van der Waals surface area contributed by atoms with Crippen LogP contribution in [0.2, 0.25) is 0 Å². The van der Waals surface area contributed by atoms with E-state index in [4.69, 9.17) is 0 Å². The molecule has 2 aliphatic rings. The Bertz CT molecular complexity index is 843. The summed E-state index contributed by atoms with van der Waals surface area (Å²) in [7, 11) is 0. The van der Waals surface area contributed by atoms with Crippen LogP contribution < -0.4 is 16.1 Å². The van der Waals surface area contributed by atoms with E-state index < -0.39 is 35.0 Å². The Morgan fingerprint density at radius 3 is 1.97 bits per heavy atom. The van der Waals surface area contributed by atoms with Crippen LogP contribution in [0.25, 0.3) is 0 Å². The number of hydrogen-bond acceptors (Lipinski definition) is 4. The Hall–Kier alpha value is -2.34. The highest BCUT2D eigenvalue weighted by Gasteiger charge is 2.37. The molecule has 2 fully saturated rings. The van der Waals surface area contributed by atoms with E-state index in [1.807, 2.05) is 5.01 Å². The van der Waals surface area contributed by atoms with Crippen molar-refractivity contribution in [1.82, 2.24) is 21.1 Å². The quantitative estimate of drug-likeness (QED) is 0.485. The lowest BCUT2D eigenvalue weighted by atomic mass is 9.86. The van der Waals surface area contributed by atoms with Gasteiger partial charge >= 0.3 is 12.4 Å². The molecular formula is C23H30F6N4O2. The molecule has 1 aliphatic carbocycles. The molecule has 2 amide bonds. The van der Waals surface area contributed by atoms with Crippen molar-refractivity contribution >= 4 is 11.8 Å². The average Bonchev–Trinajstić information content (AvgIpc) is 2.81. The van der Waals surface area contributed by atoms with Crippen LogP contribution in [-0.4, -0.2) is 49.0 Å². The van der Waals surface area contributed by atoms with Gasteiger partial charge in [0.15, 0.2) is 0 Å². The van der Waals surface area contributed by atoms with Gasteiger partial charge in [-0.3, -0.25) is 15.0 Å². The molecular weight excluding hydrogens is 478 g/mol. The topological polar surface area (TPSA) is 73.5 Å². The molecule has 1 aromatic carbocycles. The largest absolute Gasteiger partial charge is 0.416 e. The molecule has 1 saturated carbocycles. The summed E-state index contributed by atoms with van der Waals surface area (Å²) >= 11 is 0. The van der Waals surface area contributed by atoms with Crippen molar-refractivity contribution in [3.8, 4) is 0 Å². The van der Waals surface area contributed by atoms with Gasteiger partial charge in [-0.05, 0) is 62.6 Å². The Morgan fingerprint density at radius 1 is 0.857 bits per heavy atom. The molecule has 1 aromatic rings. The zero-order valence-electron chi connectivity index (χ0n) is 19.2. The van der Waals surface area contributed by atoms with E-state index in [9.17, 15) is 35.9 Å². The van der Waals surface area contributed by atoms with Gasteiger partial charge in [-0.2, -0.15) is 26.3 Å². The summed E-state index contributed by atoms with van der Waals surface area (Å²) in [6.45, 7) is 2.04. The van der Waals surface area contributed by atoms with Crippen LogP contribution in [0.5, 0.6) is 0 Å². The summed E-state index contributed by atoms with van der Waals surface area (Å²) in [5.41, 5.74) is -0.833. The minimum absolute atomic E-state index is 0.00213. The van der Waals surface area contributed by atoms with Crippen LogP contribution in [0, 0.1) is 5.92 Å². The molecule has 12 heteroatoms. The van der Waals surface area contributed by atoms with Crippen molar-refractivity contribution in [2.24, 2.45) is 5.92 Å². The van der Waals surface area contributed by atoms with Crippen molar-refractivity contribution in [2.45, 2.75) is 63.3 Å².